The second-order valence-corrected chi connectivity index (χ2v) is 13.3. The molecule has 37 heavy (non-hydrogen) atoms. The number of morpholine rings is 1. The zero-order valence-corrected chi connectivity index (χ0v) is 22.5. The van der Waals surface area contributed by atoms with Crippen LogP contribution in [0.4, 0.5) is 5.69 Å². The maximum Gasteiger partial charge on any atom is 0.308 e. The summed E-state index contributed by atoms with van der Waals surface area (Å²) in [5, 5.41) is 0.543. The van der Waals surface area contributed by atoms with Gasteiger partial charge in [0.25, 0.3) is 10.0 Å². The van der Waals surface area contributed by atoms with E-state index in [1.807, 2.05) is 12.1 Å². The van der Waals surface area contributed by atoms with Gasteiger partial charge in [0.15, 0.2) is 0 Å². The predicted molar refractivity (Wildman–Crippen MR) is 143 cm³/mol. The first-order valence-corrected chi connectivity index (χ1v) is 15.3. The summed E-state index contributed by atoms with van der Waals surface area (Å²) in [6.07, 6.45) is 0. The smallest absolute Gasteiger partial charge is 0.308 e. The maximum absolute atomic E-state index is 13.1. The Hall–Kier alpha value is -2.74. The van der Waals surface area contributed by atoms with Crippen molar-refractivity contribution in [2.75, 3.05) is 31.0 Å². The van der Waals surface area contributed by atoms with Gasteiger partial charge >= 0.3 is 4.87 Å². The van der Waals surface area contributed by atoms with E-state index in [2.05, 4.69) is 4.72 Å². The summed E-state index contributed by atoms with van der Waals surface area (Å²) in [4.78, 5) is 12.5. The molecule has 0 atom stereocenters. The standard InChI is InChI=1S/C24H22ClN3O6S3/c25-21-4-2-1-3-17(21)16-28-22-10-9-20(15-23(22)35-24(28)29)36(30,31)26-18-5-7-19(8-6-18)37(32,33)27-11-13-34-14-12-27/h1-10,15,26H,11-14,16H2. The van der Waals surface area contributed by atoms with Crippen LogP contribution in [0, 0.1) is 0 Å². The molecule has 4 aromatic rings. The lowest BCUT2D eigenvalue weighted by atomic mass is 10.2. The zero-order valence-electron chi connectivity index (χ0n) is 19.3. The molecule has 13 heteroatoms. The molecule has 2 heterocycles. The normalized spacial score (nSPS) is 15.2. The van der Waals surface area contributed by atoms with Gasteiger partial charge in [-0.05, 0) is 54.1 Å². The lowest BCUT2D eigenvalue weighted by molar-refractivity contribution is 0.0730. The Morgan fingerprint density at radius 1 is 0.919 bits per heavy atom. The number of rotatable bonds is 7. The van der Waals surface area contributed by atoms with E-state index in [0.29, 0.717) is 28.5 Å². The molecule has 9 nitrogen and oxygen atoms in total. The zero-order chi connectivity index (χ0) is 26.2. The van der Waals surface area contributed by atoms with Crippen LogP contribution in [0.5, 0.6) is 0 Å². The SMILES string of the molecule is O=c1sc2cc(S(=O)(=O)Nc3ccc(S(=O)(=O)N4CCOCC4)cc3)ccc2n1Cc1ccccc1Cl. The first-order chi connectivity index (χ1) is 17.6. The molecule has 1 N–H and O–H groups in total. The van der Waals surface area contributed by atoms with Crippen LogP contribution >= 0.6 is 22.9 Å². The summed E-state index contributed by atoms with van der Waals surface area (Å²) in [6, 6.07) is 17.2. The Morgan fingerprint density at radius 3 is 2.30 bits per heavy atom. The molecule has 0 amide bonds. The van der Waals surface area contributed by atoms with Crippen LogP contribution in [0.1, 0.15) is 5.56 Å². The van der Waals surface area contributed by atoms with Crippen molar-refractivity contribution >= 4 is 58.9 Å². The fourth-order valence-electron chi connectivity index (χ4n) is 4.01. The minimum atomic E-state index is -3.99. The number of nitrogens with one attached hydrogen (secondary N) is 1. The molecule has 194 valence electrons. The van der Waals surface area contributed by atoms with E-state index in [1.54, 1.807) is 22.8 Å². The van der Waals surface area contributed by atoms with E-state index in [9.17, 15) is 21.6 Å². The van der Waals surface area contributed by atoms with Crippen molar-refractivity contribution in [3.63, 3.8) is 0 Å². The number of ether oxygens (including phenoxy) is 1. The van der Waals surface area contributed by atoms with Crippen molar-refractivity contribution in [1.82, 2.24) is 8.87 Å². The van der Waals surface area contributed by atoms with Crippen molar-refractivity contribution in [1.29, 1.82) is 0 Å². The molecule has 1 fully saturated rings. The average molecular weight is 580 g/mol. The molecule has 5 rings (SSSR count). The summed E-state index contributed by atoms with van der Waals surface area (Å²) in [7, 11) is -7.68. The molecule has 0 radical (unpaired) electrons. The Kier molecular flexibility index (Phi) is 7.14. The molecular weight excluding hydrogens is 558 g/mol. The predicted octanol–water partition coefficient (Wildman–Crippen LogP) is 3.59. The van der Waals surface area contributed by atoms with E-state index < -0.39 is 20.0 Å². The third kappa shape index (κ3) is 5.31. The Balaban J connectivity index is 1.37. The highest BCUT2D eigenvalue weighted by Crippen LogP contribution is 2.26. The van der Waals surface area contributed by atoms with Crippen LogP contribution in [-0.2, 0) is 31.3 Å². The maximum atomic E-state index is 13.1. The Morgan fingerprint density at radius 2 is 1.59 bits per heavy atom. The van der Waals surface area contributed by atoms with E-state index in [1.165, 1.54) is 40.7 Å². The third-order valence-corrected chi connectivity index (χ3v) is 10.6. The minimum absolute atomic E-state index is 0.0174. The molecule has 0 saturated carbocycles. The number of halogens is 1. The van der Waals surface area contributed by atoms with E-state index in [4.69, 9.17) is 16.3 Å². The topological polar surface area (TPSA) is 115 Å². The number of benzene rings is 3. The molecule has 0 bridgehead atoms. The molecule has 1 aliphatic heterocycles. The number of sulfonamides is 2. The number of anilines is 1. The molecule has 0 spiro atoms. The van der Waals surface area contributed by atoms with Crippen molar-refractivity contribution < 1.29 is 21.6 Å². The van der Waals surface area contributed by atoms with Gasteiger partial charge < -0.3 is 4.74 Å². The van der Waals surface area contributed by atoms with Gasteiger partial charge in [0.2, 0.25) is 10.0 Å². The first kappa shape index (κ1) is 25.9. The van der Waals surface area contributed by atoms with Crippen molar-refractivity contribution in [2.24, 2.45) is 0 Å². The van der Waals surface area contributed by atoms with Gasteiger partial charge in [-0.2, -0.15) is 4.31 Å². The lowest BCUT2D eigenvalue weighted by Gasteiger charge is -2.26. The summed E-state index contributed by atoms with van der Waals surface area (Å²) < 4.78 is 62.8. The van der Waals surface area contributed by atoms with Crippen molar-refractivity contribution in [2.45, 2.75) is 16.3 Å². The van der Waals surface area contributed by atoms with Gasteiger partial charge in [0.1, 0.15) is 0 Å². The number of hydrogen-bond donors (Lipinski definition) is 1. The number of aromatic nitrogens is 1. The molecule has 0 unspecified atom stereocenters. The van der Waals surface area contributed by atoms with E-state index in [-0.39, 0.29) is 40.0 Å². The lowest BCUT2D eigenvalue weighted by Crippen LogP contribution is -2.40. The Labute approximate surface area is 223 Å². The molecule has 1 saturated heterocycles. The van der Waals surface area contributed by atoms with Crippen LogP contribution in [0.15, 0.2) is 81.3 Å². The quantitative estimate of drug-likeness (QED) is 0.358. The van der Waals surface area contributed by atoms with Gasteiger partial charge in [0.05, 0.1) is 39.8 Å². The number of nitrogens with zero attached hydrogens (tertiary/aromatic N) is 2. The highest BCUT2D eigenvalue weighted by Gasteiger charge is 2.26. The molecule has 3 aromatic carbocycles. The largest absolute Gasteiger partial charge is 0.379 e. The minimum Gasteiger partial charge on any atom is -0.379 e. The highest BCUT2D eigenvalue weighted by atomic mass is 35.5. The van der Waals surface area contributed by atoms with E-state index >= 15 is 0 Å². The average Bonchev–Trinajstić information content (AvgIpc) is 3.20. The fraction of sp³-hybridized carbons (Fsp3) is 0.208. The van der Waals surface area contributed by atoms with Gasteiger partial charge in [-0.1, -0.05) is 41.1 Å². The summed E-state index contributed by atoms with van der Waals surface area (Å²) in [5.41, 5.74) is 1.60. The monoisotopic (exact) mass is 579 g/mol. The van der Waals surface area contributed by atoms with Gasteiger partial charge in [-0.3, -0.25) is 14.1 Å². The first-order valence-electron chi connectivity index (χ1n) is 11.2. The van der Waals surface area contributed by atoms with E-state index in [0.717, 1.165) is 16.9 Å². The molecule has 1 aliphatic rings. The van der Waals surface area contributed by atoms with Crippen LogP contribution < -0.4 is 9.60 Å². The second kappa shape index (κ2) is 10.2. The van der Waals surface area contributed by atoms with Crippen LogP contribution in [0.2, 0.25) is 5.02 Å². The summed E-state index contributed by atoms with van der Waals surface area (Å²) >= 11 is 7.19. The molecule has 1 aromatic heterocycles. The second-order valence-electron chi connectivity index (χ2n) is 8.32. The number of fused-ring (bicyclic) bond motifs is 1. The fourth-order valence-corrected chi connectivity index (χ4v) is 7.70. The van der Waals surface area contributed by atoms with Crippen LogP contribution in [0.3, 0.4) is 0 Å². The van der Waals surface area contributed by atoms with Crippen LogP contribution in [-0.4, -0.2) is 52.0 Å². The highest BCUT2D eigenvalue weighted by molar-refractivity contribution is 7.92. The number of thiazole rings is 1. The van der Waals surface area contributed by atoms with Crippen molar-refractivity contribution in [3.8, 4) is 0 Å². The molecule has 0 aliphatic carbocycles. The number of hydrogen-bond acceptors (Lipinski definition) is 7. The molecular formula is C24H22ClN3O6S3. The van der Waals surface area contributed by atoms with Gasteiger partial charge in [0, 0.05) is 23.8 Å². The summed E-state index contributed by atoms with van der Waals surface area (Å²) in [5.74, 6) is 0. The Bertz CT molecular complexity index is 1730. The third-order valence-electron chi connectivity index (χ3n) is 5.95. The summed E-state index contributed by atoms with van der Waals surface area (Å²) in [6.45, 7) is 1.47. The van der Waals surface area contributed by atoms with Crippen molar-refractivity contribution in [3.05, 3.63) is 87.0 Å². The van der Waals surface area contributed by atoms with Crippen LogP contribution in [0.25, 0.3) is 10.2 Å². The van der Waals surface area contributed by atoms with Gasteiger partial charge in [-0.15, -0.1) is 0 Å². The van der Waals surface area contributed by atoms with Gasteiger partial charge in [-0.25, -0.2) is 16.8 Å².